The molecule has 0 amide bonds. The normalized spacial score (nSPS) is 13.2. The van der Waals surface area contributed by atoms with Gasteiger partial charge in [0.25, 0.3) is 0 Å². The Hall–Kier alpha value is -1.61. The summed E-state index contributed by atoms with van der Waals surface area (Å²) in [6.45, 7) is 9.49. The van der Waals surface area contributed by atoms with Gasteiger partial charge in [-0.05, 0) is 52.3 Å². The number of hydrogen-bond donors (Lipinski definition) is 1. The Bertz CT molecular complexity index is 685. The van der Waals surface area contributed by atoms with Crippen LogP contribution >= 0.6 is 7.60 Å². The zero-order valence-electron chi connectivity index (χ0n) is 15.6. The topological polar surface area (TPSA) is 47.6 Å². The molecular formula is C20H28NO3P. The van der Waals surface area contributed by atoms with E-state index in [1.807, 2.05) is 89.2 Å². The van der Waals surface area contributed by atoms with Crippen molar-refractivity contribution in [3.8, 4) is 0 Å². The minimum atomic E-state index is -3.46. The van der Waals surface area contributed by atoms with Crippen molar-refractivity contribution in [3.63, 3.8) is 0 Å². The van der Waals surface area contributed by atoms with Crippen LogP contribution in [0.1, 0.15) is 44.6 Å². The van der Waals surface area contributed by atoms with Gasteiger partial charge < -0.3 is 14.4 Å². The summed E-state index contributed by atoms with van der Waals surface area (Å²) in [5.41, 5.74) is 2.89. The van der Waals surface area contributed by atoms with Crippen LogP contribution in [0.15, 0.2) is 54.6 Å². The van der Waals surface area contributed by atoms with E-state index >= 15 is 0 Å². The number of benzene rings is 2. The fourth-order valence-corrected chi connectivity index (χ4v) is 4.83. The van der Waals surface area contributed by atoms with Gasteiger partial charge in [-0.1, -0.05) is 48.0 Å². The maximum Gasteiger partial charge on any atom is 0.357 e. The number of aryl methyl sites for hydroxylation is 1. The van der Waals surface area contributed by atoms with E-state index in [2.05, 4.69) is 5.32 Å². The molecule has 0 aromatic heterocycles. The lowest BCUT2D eigenvalue weighted by molar-refractivity contribution is 0.138. The lowest BCUT2D eigenvalue weighted by Gasteiger charge is -2.31. The molecule has 5 heteroatoms. The lowest BCUT2D eigenvalue weighted by Crippen LogP contribution is -2.19. The third-order valence-corrected chi connectivity index (χ3v) is 5.99. The summed E-state index contributed by atoms with van der Waals surface area (Å²) in [4.78, 5) is 0. The summed E-state index contributed by atoms with van der Waals surface area (Å²) >= 11 is 0. The Labute approximate surface area is 151 Å². The van der Waals surface area contributed by atoms with Crippen LogP contribution in [0.4, 0.5) is 5.69 Å². The van der Waals surface area contributed by atoms with E-state index in [9.17, 15) is 4.57 Å². The second-order valence-electron chi connectivity index (χ2n) is 6.67. The Morgan fingerprint density at radius 2 is 1.36 bits per heavy atom. The van der Waals surface area contributed by atoms with Gasteiger partial charge in [0.2, 0.25) is 0 Å². The van der Waals surface area contributed by atoms with Crippen molar-refractivity contribution >= 4 is 13.3 Å². The van der Waals surface area contributed by atoms with Crippen molar-refractivity contribution in [2.24, 2.45) is 0 Å². The Morgan fingerprint density at radius 3 is 1.84 bits per heavy atom. The third kappa shape index (κ3) is 5.71. The quantitative estimate of drug-likeness (QED) is 0.573. The summed E-state index contributed by atoms with van der Waals surface area (Å²) in [6.07, 6.45) is -0.426. The molecule has 2 rings (SSSR count). The molecule has 0 aliphatic heterocycles. The first-order valence-electron chi connectivity index (χ1n) is 8.65. The molecule has 0 aliphatic carbocycles. The molecule has 0 aliphatic rings. The minimum absolute atomic E-state index is 0.213. The van der Waals surface area contributed by atoms with Gasteiger partial charge >= 0.3 is 7.60 Å². The molecule has 0 heterocycles. The van der Waals surface area contributed by atoms with Crippen LogP contribution in [0.2, 0.25) is 0 Å². The zero-order valence-corrected chi connectivity index (χ0v) is 16.5. The van der Waals surface area contributed by atoms with E-state index in [4.69, 9.17) is 9.05 Å². The molecule has 25 heavy (non-hydrogen) atoms. The molecule has 0 radical (unpaired) electrons. The number of hydrogen-bond acceptors (Lipinski definition) is 4. The molecule has 0 saturated heterocycles. The maximum atomic E-state index is 13.7. The average molecular weight is 361 g/mol. The lowest BCUT2D eigenvalue weighted by atomic mass is 10.1. The fourth-order valence-electron chi connectivity index (χ4n) is 2.52. The standard InChI is InChI=1S/C20H28NO3P/c1-15(2)23-25(22,24-16(3)4)20(18-13-11-17(5)12-14-18)21-19-9-7-6-8-10-19/h6-16,20-21H,1-5H3. The highest BCUT2D eigenvalue weighted by atomic mass is 31.2. The molecule has 2 aromatic carbocycles. The van der Waals surface area contributed by atoms with E-state index in [0.29, 0.717) is 0 Å². The average Bonchev–Trinajstić information content (AvgIpc) is 2.53. The summed E-state index contributed by atoms with van der Waals surface area (Å²) < 4.78 is 25.4. The van der Waals surface area contributed by atoms with Crippen LogP contribution < -0.4 is 5.32 Å². The predicted octanol–water partition coefficient (Wildman–Crippen LogP) is 6.15. The van der Waals surface area contributed by atoms with Crippen LogP contribution in [0, 0.1) is 6.92 Å². The van der Waals surface area contributed by atoms with Crippen LogP contribution in [-0.2, 0) is 13.6 Å². The maximum absolute atomic E-state index is 13.7. The summed E-state index contributed by atoms with van der Waals surface area (Å²) in [6, 6.07) is 17.6. The number of rotatable bonds is 8. The Morgan fingerprint density at radius 1 is 0.840 bits per heavy atom. The zero-order chi connectivity index (χ0) is 18.4. The molecule has 0 bridgehead atoms. The molecule has 1 atom stereocenters. The molecule has 136 valence electrons. The van der Waals surface area contributed by atoms with E-state index in [-0.39, 0.29) is 12.2 Å². The van der Waals surface area contributed by atoms with Crippen molar-refractivity contribution in [3.05, 3.63) is 65.7 Å². The third-order valence-electron chi connectivity index (χ3n) is 3.50. The van der Waals surface area contributed by atoms with Gasteiger partial charge in [-0.2, -0.15) is 0 Å². The van der Waals surface area contributed by atoms with Crippen LogP contribution in [0.25, 0.3) is 0 Å². The molecule has 1 unspecified atom stereocenters. The van der Waals surface area contributed by atoms with Gasteiger partial charge in [0.05, 0.1) is 12.2 Å². The highest BCUT2D eigenvalue weighted by Gasteiger charge is 2.39. The number of nitrogens with one attached hydrogen (secondary N) is 1. The molecule has 4 nitrogen and oxygen atoms in total. The SMILES string of the molecule is Cc1ccc(C(Nc2ccccc2)P(=O)(OC(C)C)OC(C)C)cc1. The van der Waals surface area contributed by atoms with Crippen molar-refractivity contribution < 1.29 is 13.6 Å². The van der Waals surface area contributed by atoms with Crippen LogP contribution in [-0.4, -0.2) is 12.2 Å². The van der Waals surface area contributed by atoms with Crippen molar-refractivity contribution in [2.75, 3.05) is 5.32 Å². The van der Waals surface area contributed by atoms with Gasteiger partial charge in [0, 0.05) is 5.69 Å². The van der Waals surface area contributed by atoms with Crippen molar-refractivity contribution in [1.82, 2.24) is 0 Å². The molecular weight excluding hydrogens is 333 g/mol. The number of para-hydroxylation sites is 1. The van der Waals surface area contributed by atoms with Crippen molar-refractivity contribution in [1.29, 1.82) is 0 Å². The molecule has 0 spiro atoms. The Balaban J connectivity index is 2.46. The van der Waals surface area contributed by atoms with Crippen LogP contribution in [0.5, 0.6) is 0 Å². The highest BCUT2D eigenvalue weighted by Crippen LogP contribution is 2.62. The largest absolute Gasteiger partial charge is 0.368 e. The van der Waals surface area contributed by atoms with E-state index < -0.39 is 13.4 Å². The van der Waals surface area contributed by atoms with Gasteiger partial charge in [-0.3, -0.25) is 4.57 Å². The second-order valence-corrected chi connectivity index (χ2v) is 8.69. The Kier molecular flexibility index (Phi) is 6.83. The van der Waals surface area contributed by atoms with Crippen LogP contribution in [0.3, 0.4) is 0 Å². The predicted molar refractivity (Wildman–Crippen MR) is 104 cm³/mol. The first kappa shape index (κ1) is 19.7. The van der Waals surface area contributed by atoms with Crippen molar-refractivity contribution in [2.45, 2.75) is 52.6 Å². The number of anilines is 1. The van der Waals surface area contributed by atoms with Gasteiger partial charge in [-0.25, -0.2) is 0 Å². The fraction of sp³-hybridized carbons (Fsp3) is 0.400. The minimum Gasteiger partial charge on any atom is -0.368 e. The first-order chi connectivity index (χ1) is 11.8. The summed E-state index contributed by atoms with van der Waals surface area (Å²) in [7, 11) is -3.46. The van der Waals surface area contributed by atoms with E-state index in [0.717, 1.165) is 16.8 Å². The molecule has 2 aromatic rings. The van der Waals surface area contributed by atoms with E-state index in [1.54, 1.807) is 0 Å². The highest BCUT2D eigenvalue weighted by molar-refractivity contribution is 7.54. The van der Waals surface area contributed by atoms with Gasteiger partial charge in [0.15, 0.2) is 5.78 Å². The molecule has 1 N–H and O–H groups in total. The first-order valence-corrected chi connectivity index (χ1v) is 10.3. The second kappa shape index (κ2) is 8.66. The molecule has 0 saturated carbocycles. The monoisotopic (exact) mass is 361 g/mol. The van der Waals surface area contributed by atoms with Gasteiger partial charge in [-0.15, -0.1) is 0 Å². The summed E-state index contributed by atoms with van der Waals surface area (Å²) in [5, 5.41) is 3.35. The summed E-state index contributed by atoms with van der Waals surface area (Å²) in [5.74, 6) is -0.583. The van der Waals surface area contributed by atoms with E-state index in [1.165, 1.54) is 0 Å². The molecule has 0 fully saturated rings. The van der Waals surface area contributed by atoms with Gasteiger partial charge in [0.1, 0.15) is 0 Å². The smallest absolute Gasteiger partial charge is 0.357 e.